The molecule has 1 rings (SSSR count). The summed E-state index contributed by atoms with van der Waals surface area (Å²) in [5.74, 6) is 0. The van der Waals surface area contributed by atoms with Crippen LogP contribution in [0, 0.1) is 0 Å². The van der Waals surface area contributed by atoms with E-state index in [0.29, 0.717) is 6.61 Å². The molecule has 1 N–H and O–H groups in total. The zero-order chi connectivity index (χ0) is 12.2. The molecule has 0 saturated carbocycles. The Morgan fingerprint density at radius 3 is 1.88 bits per heavy atom. The zero-order valence-corrected chi connectivity index (χ0v) is 13.6. The second kappa shape index (κ2) is 5.80. The highest BCUT2D eigenvalue weighted by molar-refractivity contribution is 6.95. The summed E-state index contributed by atoms with van der Waals surface area (Å²) < 4.78 is 2.96. The van der Waals surface area contributed by atoms with Gasteiger partial charge < -0.3 is 9.34 Å². The molecule has 0 aromatic heterocycles. The van der Waals surface area contributed by atoms with Gasteiger partial charge in [0.15, 0.2) is 0 Å². The highest BCUT2D eigenvalue weighted by Gasteiger charge is 2.46. The molecule has 0 bridgehead atoms. The number of hydrogen-bond donors (Lipinski definition) is 1. The largest absolute Gasteiger partial charge is 0.396 e. The first kappa shape index (κ1) is 14.4. The lowest BCUT2D eigenvalue weighted by molar-refractivity contribution is 0.282. The van der Waals surface area contributed by atoms with E-state index in [9.17, 15) is 0 Å². The molecule has 1 aliphatic rings. The fourth-order valence-corrected chi connectivity index (χ4v) is 17.2. The van der Waals surface area contributed by atoms with E-state index < -0.39 is 16.5 Å². The average molecular weight is 260 g/mol. The van der Waals surface area contributed by atoms with Gasteiger partial charge in [-0.05, 0) is 31.5 Å². The van der Waals surface area contributed by atoms with Crippen molar-refractivity contribution in [2.24, 2.45) is 0 Å². The normalized spacial score (nSPS) is 23.8. The van der Waals surface area contributed by atoms with Gasteiger partial charge in [0.2, 0.25) is 0 Å². The van der Waals surface area contributed by atoms with Crippen LogP contribution in [0.4, 0.5) is 0 Å². The van der Waals surface area contributed by atoms with Crippen molar-refractivity contribution in [3.8, 4) is 0 Å². The summed E-state index contributed by atoms with van der Waals surface area (Å²) in [6.45, 7) is 11.9. The summed E-state index contributed by atoms with van der Waals surface area (Å²) in [5, 5.41) is 8.75. The molecule has 0 amide bonds. The lowest BCUT2D eigenvalue weighted by Crippen LogP contribution is -2.55. The molecule has 0 aliphatic carbocycles. The molecule has 1 aliphatic heterocycles. The number of rotatable bonds is 6. The van der Waals surface area contributed by atoms with Crippen LogP contribution in [0.2, 0.25) is 38.3 Å². The van der Waals surface area contributed by atoms with E-state index in [4.69, 9.17) is 5.11 Å². The van der Waals surface area contributed by atoms with Crippen LogP contribution in [0.3, 0.4) is 0 Å². The van der Waals surface area contributed by atoms with Gasteiger partial charge in [-0.1, -0.05) is 39.0 Å². The summed E-state index contributed by atoms with van der Waals surface area (Å²) in [4.78, 5) is 0. The molecule has 1 saturated heterocycles. The number of nitrogens with zero attached hydrogens (tertiary/aromatic N) is 1. The monoisotopic (exact) mass is 259 g/mol. The Balaban J connectivity index is 2.33. The fourth-order valence-electron chi connectivity index (χ4n) is 3.04. The summed E-state index contributed by atoms with van der Waals surface area (Å²) in [6.07, 6.45) is 4.83. The van der Waals surface area contributed by atoms with E-state index >= 15 is 0 Å². The summed E-state index contributed by atoms with van der Waals surface area (Å²) in [6, 6.07) is 3.03. The van der Waals surface area contributed by atoms with Crippen LogP contribution in [-0.4, -0.2) is 39.0 Å². The maximum Gasteiger partial charge on any atom is 0.115 e. The molecule has 1 fully saturated rings. The van der Waals surface area contributed by atoms with Crippen molar-refractivity contribution in [3.63, 3.8) is 0 Å². The van der Waals surface area contributed by atoms with Gasteiger partial charge in [-0.15, -0.1) is 0 Å². The van der Waals surface area contributed by atoms with Crippen LogP contribution in [0.25, 0.3) is 0 Å². The third-order valence-corrected chi connectivity index (χ3v) is 14.5. The van der Waals surface area contributed by atoms with Crippen LogP contribution < -0.4 is 0 Å². The Morgan fingerprint density at radius 2 is 1.38 bits per heavy atom. The lowest BCUT2D eigenvalue weighted by atomic mass is 10.2. The van der Waals surface area contributed by atoms with Gasteiger partial charge >= 0.3 is 0 Å². The smallest absolute Gasteiger partial charge is 0.115 e. The molecular weight excluding hydrogens is 230 g/mol. The number of aliphatic hydroxyl groups is 1. The van der Waals surface area contributed by atoms with Crippen LogP contribution in [0.15, 0.2) is 0 Å². The van der Waals surface area contributed by atoms with Gasteiger partial charge in [-0.25, -0.2) is 0 Å². The molecule has 0 aromatic rings. The van der Waals surface area contributed by atoms with Gasteiger partial charge in [0.05, 0.1) is 0 Å². The van der Waals surface area contributed by atoms with Crippen molar-refractivity contribution < 1.29 is 5.11 Å². The number of hydrogen-bond acceptors (Lipinski definition) is 2. The summed E-state index contributed by atoms with van der Waals surface area (Å²) >= 11 is 0. The molecule has 0 atom stereocenters. The molecule has 2 nitrogen and oxygen atoms in total. The molecular formula is C12H29NOSi2. The van der Waals surface area contributed by atoms with Crippen molar-refractivity contribution >= 4 is 16.5 Å². The topological polar surface area (TPSA) is 23.5 Å². The van der Waals surface area contributed by atoms with Crippen molar-refractivity contribution in [2.45, 2.75) is 64.0 Å². The first-order chi connectivity index (χ1) is 7.40. The minimum atomic E-state index is -1.03. The third kappa shape index (κ3) is 3.69. The predicted molar refractivity (Wildman–Crippen MR) is 76.8 cm³/mol. The highest BCUT2D eigenvalue weighted by Crippen LogP contribution is 2.36. The molecule has 0 aromatic carbocycles. The Labute approximate surface area is 103 Å². The molecule has 16 heavy (non-hydrogen) atoms. The van der Waals surface area contributed by atoms with E-state index in [-0.39, 0.29) is 0 Å². The Kier molecular flexibility index (Phi) is 5.23. The molecule has 0 spiro atoms. The molecule has 4 heteroatoms. The molecule has 96 valence electrons. The van der Waals surface area contributed by atoms with Gasteiger partial charge in [0.25, 0.3) is 0 Å². The zero-order valence-electron chi connectivity index (χ0n) is 11.6. The number of aliphatic hydroxyl groups excluding tert-OH is 1. The predicted octanol–water partition coefficient (Wildman–Crippen LogP) is 3.26. The van der Waals surface area contributed by atoms with Crippen LogP contribution in [-0.2, 0) is 0 Å². The van der Waals surface area contributed by atoms with E-state index in [1.54, 1.807) is 0 Å². The highest BCUT2D eigenvalue weighted by atomic mass is 28.4. The maximum atomic E-state index is 8.75. The second-order valence-corrected chi connectivity index (χ2v) is 16.2. The Morgan fingerprint density at radius 1 is 0.875 bits per heavy atom. The van der Waals surface area contributed by atoms with Crippen LogP contribution >= 0.6 is 0 Å². The summed E-state index contributed by atoms with van der Waals surface area (Å²) in [7, 11) is -2.06. The molecule has 1 heterocycles. The van der Waals surface area contributed by atoms with E-state index in [0.717, 1.165) is 6.42 Å². The van der Waals surface area contributed by atoms with Gasteiger partial charge in [0, 0.05) is 6.61 Å². The number of unbranched alkanes of at least 4 members (excludes halogenated alkanes) is 3. The Hall–Kier alpha value is 0.354. The van der Waals surface area contributed by atoms with E-state index in [1.807, 2.05) is 0 Å². The third-order valence-electron chi connectivity index (χ3n) is 4.10. The minimum Gasteiger partial charge on any atom is -0.396 e. The van der Waals surface area contributed by atoms with E-state index in [2.05, 4.69) is 30.4 Å². The Bertz CT molecular complexity index is 203. The van der Waals surface area contributed by atoms with Crippen LogP contribution in [0.1, 0.15) is 25.7 Å². The maximum absolute atomic E-state index is 8.75. The van der Waals surface area contributed by atoms with Gasteiger partial charge in [-0.3, -0.25) is 0 Å². The molecule has 0 unspecified atom stereocenters. The van der Waals surface area contributed by atoms with Crippen molar-refractivity contribution in [2.75, 3.05) is 13.2 Å². The van der Waals surface area contributed by atoms with Crippen molar-refractivity contribution in [1.82, 2.24) is 4.23 Å². The standard InChI is InChI=1S/C12H29NOSi2/c1-15(2)11-12-16(3,4)13(15)9-7-5-6-8-10-14/h14H,5-12H2,1-4H3. The minimum absolute atomic E-state index is 0.365. The first-order valence-corrected chi connectivity index (χ1v) is 13.1. The van der Waals surface area contributed by atoms with Crippen LogP contribution in [0.5, 0.6) is 0 Å². The quantitative estimate of drug-likeness (QED) is 0.584. The first-order valence-electron chi connectivity index (χ1n) is 6.79. The SMILES string of the molecule is C[Si]1(C)CC[Si](C)(C)N1CCCCCCO. The second-order valence-electron chi connectivity index (χ2n) is 6.41. The fraction of sp³-hybridized carbons (Fsp3) is 1.00. The van der Waals surface area contributed by atoms with Gasteiger partial charge in [-0.2, -0.15) is 0 Å². The van der Waals surface area contributed by atoms with E-state index in [1.165, 1.54) is 37.9 Å². The van der Waals surface area contributed by atoms with Crippen molar-refractivity contribution in [1.29, 1.82) is 0 Å². The van der Waals surface area contributed by atoms with Gasteiger partial charge in [0.1, 0.15) is 16.5 Å². The average Bonchev–Trinajstić information content (AvgIpc) is 2.39. The molecule has 0 radical (unpaired) electrons. The van der Waals surface area contributed by atoms with Crippen molar-refractivity contribution in [3.05, 3.63) is 0 Å². The summed E-state index contributed by atoms with van der Waals surface area (Å²) in [5.41, 5.74) is 0. The lowest BCUT2D eigenvalue weighted by Gasteiger charge is -2.38.